The zero-order valence-corrected chi connectivity index (χ0v) is 19.6. The number of nitrogens with one attached hydrogen (secondary N) is 2. The highest BCUT2D eigenvalue weighted by atomic mass is 79.9. The van der Waals surface area contributed by atoms with Gasteiger partial charge in [-0.3, -0.25) is 13.5 Å². The molecule has 30 heavy (non-hydrogen) atoms. The molecule has 0 aliphatic carbocycles. The fraction of sp³-hybridized carbons (Fsp3) is 0.412. The van der Waals surface area contributed by atoms with E-state index < -0.39 is 21.3 Å². The Morgan fingerprint density at radius 1 is 1.23 bits per heavy atom. The lowest BCUT2D eigenvalue weighted by Crippen LogP contribution is -2.15. The first-order valence-electron chi connectivity index (χ1n) is 9.08. The van der Waals surface area contributed by atoms with Crippen molar-refractivity contribution in [1.29, 1.82) is 4.78 Å². The second kappa shape index (κ2) is 11.6. The minimum atomic E-state index is -2.68. The average molecular weight is 507 g/mol. The highest BCUT2D eigenvalue weighted by molar-refractivity contribution is 9.10. The van der Waals surface area contributed by atoms with E-state index in [-0.39, 0.29) is 39.8 Å². The van der Waals surface area contributed by atoms with Crippen LogP contribution in [0.2, 0.25) is 0 Å². The van der Waals surface area contributed by atoms with Gasteiger partial charge >= 0.3 is 5.76 Å². The third-order valence-corrected chi connectivity index (χ3v) is 4.84. The van der Waals surface area contributed by atoms with Gasteiger partial charge in [-0.1, -0.05) is 32.9 Å². The predicted molar refractivity (Wildman–Crippen MR) is 116 cm³/mol. The van der Waals surface area contributed by atoms with Crippen LogP contribution in [0.1, 0.15) is 27.7 Å². The van der Waals surface area contributed by atoms with Gasteiger partial charge in [-0.25, -0.2) is 18.4 Å². The fourth-order valence-corrected chi connectivity index (χ4v) is 2.93. The molecule has 0 bridgehead atoms. The molecule has 3 aromatic rings. The largest absolute Gasteiger partial charge is 0.446 e. The highest BCUT2D eigenvalue weighted by Crippen LogP contribution is 2.26. The molecule has 0 fully saturated rings. The van der Waals surface area contributed by atoms with Gasteiger partial charge in [-0.15, -0.1) is 0 Å². The van der Waals surface area contributed by atoms with Crippen LogP contribution in [0.3, 0.4) is 0 Å². The van der Waals surface area contributed by atoms with E-state index in [0.717, 1.165) is 4.57 Å². The molecule has 2 heterocycles. The Hall–Kier alpha value is -2.54. The van der Waals surface area contributed by atoms with Gasteiger partial charge in [0.1, 0.15) is 5.82 Å². The standard InChI is InChI=1S/C13H12BrFN6O4S.2C2H6/c1-26(16,23)5-4-17-11-10(18-25-19-11)12-20-24-13(22)21(12)7-2-3-9(15)8(14)6-7;2*1-2/h2-3,6,16H,4-5H2,1H3,(H,17,19);2*1-2H3. The van der Waals surface area contributed by atoms with Crippen LogP contribution in [0.25, 0.3) is 17.2 Å². The molecule has 0 radical (unpaired) electrons. The summed E-state index contributed by atoms with van der Waals surface area (Å²) in [4.78, 5) is 12.1. The van der Waals surface area contributed by atoms with Crippen molar-refractivity contribution in [3.63, 3.8) is 0 Å². The van der Waals surface area contributed by atoms with Gasteiger partial charge in [-0.05, 0) is 44.4 Å². The molecule has 0 aliphatic rings. The number of anilines is 1. The number of hydrogen-bond acceptors (Lipinski definition) is 9. The van der Waals surface area contributed by atoms with Crippen LogP contribution in [0.5, 0.6) is 0 Å². The summed E-state index contributed by atoms with van der Waals surface area (Å²) in [6.45, 7) is 8.17. The smallest absolute Gasteiger partial charge is 0.364 e. The molecule has 13 heteroatoms. The van der Waals surface area contributed by atoms with Crippen LogP contribution < -0.4 is 11.1 Å². The Bertz CT molecular complexity index is 1110. The van der Waals surface area contributed by atoms with Gasteiger partial charge in [0.25, 0.3) is 0 Å². The summed E-state index contributed by atoms with van der Waals surface area (Å²) in [5.74, 6) is -1.10. The van der Waals surface area contributed by atoms with Crippen molar-refractivity contribution in [2.24, 2.45) is 0 Å². The Labute approximate surface area is 181 Å². The monoisotopic (exact) mass is 506 g/mol. The Morgan fingerprint density at radius 3 is 2.50 bits per heavy atom. The van der Waals surface area contributed by atoms with Crippen molar-refractivity contribution in [2.45, 2.75) is 27.7 Å². The van der Waals surface area contributed by atoms with E-state index in [2.05, 4.69) is 41.3 Å². The molecule has 3 rings (SSSR count). The lowest BCUT2D eigenvalue weighted by molar-refractivity contribution is 0.309. The molecule has 10 nitrogen and oxygen atoms in total. The van der Waals surface area contributed by atoms with Crippen molar-refractivity contribution >= 4 is 31.5 Å². The normalized spacial score (nSPS) is 12.1. The van der Waals surface area contributed by atoms with Crippen LogP contribution in [0.4, 0.5) is 10.2 Å². The third kappa shape index (κ3) is 6.49. The fourth-order valence-electron chi connectivity index (χ4n) is 2.07. The maximum atomic E-state index is 13.5. The van der Waals surface area contributed by atoms with E-state index in [4.69, 9.17) is 9.30 Å². The molecular formula is C17H24BrFN6O4S. The summed E-state index contributed by atoms with van der Waals surface area (Å²) >= 11 is 3.05. The molecule has 2 aromatic heterocycles. The van der Waals surface area contributed by atoms with Crippen molar-refractivity contribution in [3.8, 4) is 17.2 Å². The summed E-state index contributed by atoms with van der Waals surface area (Å²) in [5.41, 5.74) is 0.361. The van der Waals surface area contributed by atoms with E-state index >= 15 is 0 Å². The molecule has 1 aromatic carbocycles. The average Bonchev–Trinajstić information content (AvgIpc) is 3.32. The van der Waals surface area contributed by atoms with Crippen molar-refractivity contribution in [1.82, 2.24) is 20.0 Å². The number of rotatable bonds is 6. The number of benzene rings is 1. The Kier molecular flexibility index (Phi) is 9.85. The predicted octanol–water partition coefficient (Wildman–Crippen LogP) is 3.92. The van der Waals surface area contributed by atoms with Gasteiger partial charge < -0.3 is 5.32 Å². The lowest BCUT2D eigenvalue weighted by atomic mass is 10.3. The minimum absolute atomic E-state index is 0.0136. The van der Waals surface area contributed by atoms with Crippen molar-refractivity contribution in [3.05, 3.63) is 39.0 Å². The van der Waals surface area contributed by atoms with E-state index in [0.29, 0.717) is 0 Å². The molecular weight excluding hydrogens is 483 g/mol. The molecule has 1 atom stereocenters. The molecule has 0 saturated heterocycles. The van der Waals surface area contributed by atoms with E-state index in [1.807, 2.05) is 27.7 Å². The number of halogens is 2. The van der Waals surface area contributed by atoms with E-state index in [9.17, 15) is 13.4 Å². The first-order chi connectivity index (χ1) is 14.3. The SMILES string of the molecule is CC.CC.CS(=N)(=O)CCNc1nonc1-c1noc(=O)n1-c1ccc(F)c(Br)c1. The summed E-state index contributed by atoms with van der Waals surface area (Å²) in [5, 5.41) is 13.9. The van der Waals surface area contributed by atoms with E-state index in [1.54, 1.807) is 0 Å². The summed E-state index contributed by atoms with van der Waals surface area (Å²) < 4.78 is 42.9. The number of hydrogen-bond donors (Lipinski definition) is 2. The highest BCUT2D eigenvalue weighted by Gasteiger charge is 2.23. The molecule has 0 amide bonds. The zero-order valence-electron chi connectivity index (χ0n) is 17.2. The molecule has 0 saturated carbocycles. The lowest BCUT2D eigenvalue weighted by Gasteiger charge is -2.06. The Balaban J connectivity index is 0.00000106. The topological polar surface area (TPSA) is 140 Å². The second-order valence-electron chi connectivity index (χ2n) is 5.30. The third-order valence-electron chi connectivity index (χ3n) is 3.25. The van der Waals surface area contributed by atoms with Crippen molar-refractivity contribution < 1.29 is 17.8 Å². The zero-order chi connectivity index (χ0) is 22.9. The summed E-state index contributed by atoms with van der Waals surface area (Å²) in [6, 6.07) is 3.93. The molecule has 0 aliphatic heterocycles. The van der Waals surface area contributed by atoms with E-state index in [1.165, 1.54) is 24.5 Å². The second-order valence-corrected chi connectivity index (χ2v) is 8.58. The van der Waals surface area contributed by atoms with Gasteiger partial charge in [0, 0.05) is 28.3 Å². The molecule has 0 spiro atoms. The first-order valence-corrected chi connectivity index (χ1v) is 12.0. The van der Waals surface area contributed by atoms with Crippen LogP contribution in [-0.4, -0.2) is 42.8 Å². The number of aromatic nitrogens is 4. The molecule has 2 N–H and O–H groups in total. The van der Waals surface area contributed by atoms with Crippen LogP contribution in [0.15, 0.2) is 36.6 Å². The van der Waals surface area contributed by atoms with Gasteiger partial charge in [0.15, 0.2) is 5.69 Å². The van der Waals surface area contributed by atoms with Gasteiger partial charge in [-0.2, -0.15) is 0 Å². The Morgan fingerprint density at radius 2 is 1.90 bits per heavy atom. The van der Waals surface area contributed by atoms with Gasteiger partial charge in [0.05, 0.1) is 10.2 Å². The maximum Gasteiger partial charge on any atom is 0.446 e. The quantitative estimate of drug-likeness (QED) is 0.512. The molecule has 166 valence electrons. The maximum absolute atomic E-state index is 13.5. The molecule has 1 unspecified atom stereocenters. The summed E-state index contributed by atoms with van der Waals surface area (Å²) in [6.07, 6.45) is 1.32. The van der Waals surface area contributed by atoms with Gasteiger partial charge in [0.2, 0.25) is 11.6 Å². The minimum Gasteiger partial charge on any atom is -0.364 e. The summed E-state index contributed by atoms with van der Waals surface area (Å²) in [7, 11) is -2.68. The first kappa shape index (κ1) is 25.5. The van der Waals surface area contributed by atoms with Crippen LogP contribution in [-0.2, 0) is 9.73 Å². The van der Waals surface area contributed by atoms with Crippen LogP contribution >= 0.6 is 15.9 Å². The number of nitrogens with zero attached hydrogens (tertiary/aromatic N) is 4. The van der Waals surface area contributed by atoms with Crippen molar-refractivity contribution in [2.75, 3.05) is 23.9 Å². The van der Waals surface area contributed by atoms with Crippen LogP contribution in [0, 0.1) is 10.6 Å².